The van der Waals surface area contributed by atoms with Crippen molar-refractivity contribution in [1.29, 1.82) is 0 Å². The average molecular weight is 398 g/mol. The Labute approximate surface area is 163 Å². The second kappa shape index (κ2) is 8.05. The van der Waals surface area contributed by atoms with E-state index in [1.807, 2.05) is 0 Å². The molecule has 3 rings (SSSR count). The molecule has 0 unspecified atom stereocenters. The Bertz CT molecular complexity index is 982. The van der Waals surface area contributed by atoms with E-state index in [9.17, 15) is 24.5 Å². The van der Waals surface area contributed by atoms with Crippen LogP contribution < -0.4 is 4.74 Å². The molecule has 142 valence electrons. The zero-order valence-electron chi connectivity index (χ0n) is 14.7. The molecule has 9 heteroatoms. The predicted octanol–water partition coefficient (Wildman–Crippen LogP) is 3.52. The van der Waals surface area contributed by atoms with Gasteiger partial charge in [0.05, 0.1) is 23.5 Å². The molecule has 1 aliphatic rings. The minimum atomic E-state index is -0.575. The fraction of sp³-hybridized carbons (Fsp3) is 0.105. The minimum absolute atomic E-state index is 0.148. The van der Waals surface area contributed by atoms with Crippen LogP contribution in [0.4, 0.5) is 10.5 Å². The highest BCUT2D eigenvalue weighted by Gasteiger charge is 2.36. The molecular formula is C19H14N2O6S. The number of nitro groups is 1. The molecule has 0 radical (unpaired) electrons. The summed E-state index contributed by atoms with van der Waals surface area (Å²) in [6.07, 6.45) is 1.57. The number of methoxy groups -OCH3 is 1. The van der Waals surface area contributed by atoms with E-state index in [0.29, 0.717) is 11.3 Å². The van der Waals surface area contributed by atoms with Crippen LogP contribution in [0.1, 0.15) is 15.9 Å². The van der Waals surface area contributed by atoms with E-state index in [4.69, 9.17) is 4.74 Å². The molecule has 2 aromatic carbocycles. The minimum Gasteiger partial charge on any atom is -0.497 e. The van der Waals surface area contributed by atoms with Gasteiger partial charge in [-0.3, -0.25) is 29.4 Å². The summed E-state index contributed by atoms with van der Waals surface area (Å²) in [6, 6.07) is 11.9. The van der Waals surface area contributed by atoms with Gasteiger partial charge in [-0.25, -0.2) is 0 Å². The lowest BCUT2D eigenvalue weighted by Gasteiger charge is -2.11. The number of carbonyl (C=O) groups excluding carboxylic acids is 3. The zero-order chi connectivity index (χ0) is 20.3. The van der Waals surface area contributed by atoms with Crippen molar-refractivity contribution in [1.82, 2.24) is 4.90 Å². The van der Waals surface area contributed by atoms with Gasteiger partial charge in [0.1, 0.15) is 5.75 Å². The lowest BCUT2D eigenvalue weighted by Crippen LogP contribution is -2.33. The van der Waals surface area contributed by atoms with Crippen LogP contribution >= 0.6 is 11.8 Å². The van der Waals surface area contributed by atoms with Crippen molar-refractivity contribution in [2.45, 2.75) is 0 Å². The van der Waals surface area contributed by atoms with Gasteiger partial charge in [0.2, 0.25) is 0 Å². The van der Waals surface area contributed by atoms with E-state index in [2.05, 4.69) is 0 Å². The molecule has 0 saturated carbocycles. The molecule has 0 aliphatic carbocycles. The Morgan fingerprint density at radius 3 is 2.36 bits per heavy atom. The molecule has 2 aromatic rings. The number of ether oxygens (including phenoxy) is 1. The summed E-state index contributed by atoms with van der Waals surface area (Å²) in [7, 11) is 1.54. The predicted molar refractivity (Wildman–Crippen MR) is 103 cm³/mol. The third-order valence-electron chi connectivity index (χ3n) is 3.99. The summed E-state index contributed by atoms with van der Waals surface area (Å²) >= 11 is 0.756. The molecular weight excluding hydrogens is 384 g/mol. The third kappa shape index (κ3) is 4.09. The van der Waals surface area contributed by atoms with E-state index in [-0.39, 0.29) is 16.2 Å². The Balaban J connectivity index is 1.73. The van der Waals surface area contributed by atoms with Gasteiger partial charge in [-0.15, -0.1) is 0 Å². The number of benzene rings is 2. The van der Waals surface area contributed by atoms with Crippen LogP contribution in [0.3, 0.4) is 0 Å². The van der Waals surface area contributed by atoms with E-state index < -0.39 is 28.4 Å². The first-order valence-electron chi connectivity index (χ1n) is 8.06. The van der Waals surface area contributed by atoms with Crippen molar-refractivity contribution in [3.05, 3.63) is 74.7 Å². The van der Waals surface area contributed by atoms with Crippen molar-refractivity contribution < 1.29 is 24.0 Å². The van der Waals surface area contributed by atoms with Crippen molar-refractivity contribution in [3.63, 3.8) is 0 Å². The summed E-state index contributed by atoms with van der Waals surface area (Å²) in [5.74, 6) is -0.372. The molecule has 2 amide bonds. The highest BCUT2D eigenvalue weighted by Crippen LogP contribution is 2.32. The standard InChI is InChI=1S/C19H14N2O6S/c1-27-15-8-2-12(3-9-15)10-17-18(23)20(19(24)28-17)11-16(22)13-4-6-14(7-5-13)21(25)26/h2-10H,11H2,1H3/b17-10+. The second-order valence-electron chi connectivity index (χ2n) is 5.77. The molecule has 1 saturated heterocycles. The maximum atomic E-state index is 12.5. The second-order valence-corrected chi connectivity index (χ2v) is 6.76. The van der Waals surface area contributed by atoms with E-state index >= 15 is 0 Å². The maximum absolute atomic E-state index is 12.5. The number of nitrogens with zero attached hydrogens (tertiary/aromatic N) is 2. The first-order valence-corrected chi connectivity index (χ1v) is 8.88. The van der Waals surface area contributed by atoms with Gasteiger partial charge in [0.25, 0.3) is 16.8 Å². The Hall–Kier alpha value is -3.46. The molecule has 0 aromatic heterocycles. The molecule has 0 N–H and O–H groups in total. The smallest absolute Gasteiger partial charge is 0.293 e. The van der Waals surface area contributed by atoms with Crippen LogP contribution in [0.25, 0.3) is 6.08 Å². The summed E-state index contributed by atoms with van der Waals surface area (Å²) in [6.45, 7) is -0.428. The first-order chi connectivity index (χ1) is 13.4. The number of imide groups is 1. The van der Waals surface area contributed by atoms with Crippen LogP contribution in [-0.4, -0.2) is 40.4 Å². The number of carbonyl (C=O) groups is 3. The lowest BCUT2D eigenvalue weighted by atomic mass is 10.1. The lowest BCUT2D eigenvalue weighted by molar-refractivity contribution is -0.384. The summed E-state index contributed by atoms with van der Waals surface area (Å²) in [5, 5.41) is 10.1. The monoisotopic (exact) mass is 398 g/mol. The highest BCUT2D eigenvalue weighted by molar-refractivity contribution is 8.18. The largest absolute Gasteiger partial charge is 0.497 e. The fourth-order valence-corrected chi connectivity index (χ4v) is 3.33. The van der Waals surface area contributed by atoms with Crippen LogP contribution in [0, 0.1) is 10.1 Å². The van der Waals surface area contributed by atoms with Crippen molar-refractivity contribution in [2.24, 2.45) is 0 Å². The van der Waals surface area contributed by atoms with Gasteiger partial charge in [-0.1, -0.05) is 12.1 Å². The molecule has 8 nitrogen and oxygen atoms in total. The molecule has 1 fully saturated rings. The van der Waals surface area contributed by atoms with Gasteiger partial charge in [-0.2, -0.15) is 0 Å². The van der Waals surface area contributed by atoms with Crippen molar-refractivity contribution >= 4 is 40.5 Å². The van der Waals surface area contributed by atoms with Crippen LogP contribution in [0.5, 0.6) is 5.75 Å². The van der Waals surface area contributed by atoms with Crippen LogP contribution in [0.15, 0.2) is 53.4 Å². The van der Waals surface area contributed by atoms with E-state index in [1.165, 1.54) is 24.3 Å². The Kier molecular flexibility index (Phi) is 5.55. The normalized spacial score (nSPS) is 15.2. The van der Waals surface area contributed by atoms with Crippen molar-refractivity contribution in [2.75, 3.05) is 13.7 Å². The number of Topliss-reactive ketones (excluding diaryl/α,β-unsaturated/α-hetero) is 1. The number of nitro benzene ring substituents is 1. The van der Waals surface area contributed by atoms with E-state index in [0.717, 1.165) is 16.7 Å². The quantitative estimate of drug-likeness (QED) is 0.317. The molecule has 0 bridgehead atoms. The SMILES string of the molecule is COc1ccc(/C=C2/SC(=O)N(CC(=O)c3ccc([N+](=O)[O-])cc3)C2=O)cc1. The topological polar surface area (TPSA) is 107 Å². The maximum Gasteiger partial charge on any atom is 0.293 e. The van der Waals surface area contributed by atoms with Gasteiger partial charge in [0.15, 0.2) is 5.78 Å². The molecule has 0 spiro atoms. The Morgan fingerprint density at radius 1 is 1.14 bits per heavy atom. The molecule has 28 heavy (non-hydrogen) atoms. The number of hydrogen-bond donors (Lipinski definition) is 0. The molecule has 1 aliphatic heterocycles. The fourth-order valence-electron chi connectivity index (χ4n) is 2.49. The highest BCUT2D eigenvalue weighted by atomic mass is 32.2. The van der Waals surface area contributed by atoms with E-state index in [1.54, 1.807) is 37.5 Å². The van der Waals surface area contributed by atoms with Gasteiger partial charge < -0.3 is 4.74 Å². The van der Waals surface area contributed by atoms with Gasteiger partial charge in [-0.05, 0) is 47.7 Å². The zero-order valence-corrected chi connectivity index (χ0v) is 15.5. The number of non-ortho nitro benzene ring substituents is 1. The van der Waals surface area contributed by atoms with Gasteiger partial charge in [0, 0.05) is 17.7 Å². The average Bonchev–Trinajstić information content (AvgIpc) is 2.96. The third-order valence-corrected chi connectivity index (χ3v) is 4.90. The summed E-state index contributed by atoms with van der Waals surface area (Å²) in [4.78, 5) is 48.2. The Morgan fingerprint density at radius 2 is 1.79 bits per heavy atom. The van der Waals surface area contributed by atoms with Crippen LogP contribution in [0.2, 0.25) is 0 Å². The molecule has 1 heterocycles. The number of thioether (sulfide) groups is 1. The van der Waals surface area contributed by atoms with Crippen LogP contribution in [-0.2, 0) is 4.79 Å². The molecule has 0 atom stereocenters. The summed E-state index contributed by atoms with van der Waals surface area (Å²) in [5.41, 5.74) is 0.752. The number of rotatable bonds is 6. The van der Waals surface area contributed by atoms with Crippen molar-refractivity contribution in [3.8, 4) is 5.75 Å². The number of ketones is 1. The number of hydrogen-bond acceptors (Lipinski definition) is 7. The first kappa shape index (κ1) is 19.3. The van der Waals surface area contributed by atoms with Gasteiger partial charge >= 0.3 is 0 Å². The summed E-state index contributed by atoms with van der Waals surface area (Å²) < 4.78 is 5.07. The number of amides is 2.